The minimum Gasteiger partial charge on any atom is -0.541 e. The maximum atomic E-state index is 6.84. The molecule has 0 amide bonds. The number of rotatable bonds is 13. The predicted molar refractivity (Wildman–Crippen MR) is 159 cm³/mol. The molecule has 0 radical (unpaired) electrons. The molecule has 0 bridgehead atoms. The number of benzene rings is 2. The highest BCUT2D eigenvalue weighted by Gasteiger charge is 2.42. The zero-order valence-corrected chi connectivity index (χ0v) is 27.1. The quantitative estimate of drug-likeness (QED) is 0.187. The second-order valence-electron chi connectivity index (χ2n) is 12.9. The zero-order valence-electron chi connectivity index (χ0n) is 25.1. The molecule has 0 N–H and O–H groups in total. The van der Waals surface area contributed by atoms with Crippen molar-refractivity contribution in [2.45, 2.75) is 96.9 Å². The highest BCUT2D eigenvalue weighted by molar-refractivity contribution is 6.75. The Labute approximate surface area is 228 Å². The molecule has 1 atom stereocenters. The van der Waals surface area contributed by atoms with Crippen molar-refractivity contribution in [3.05, 3.63) is 59.7 Å². The molecule has 0 saturated heterocycles. The van der Waals surface area contributed by atoms with Gasteiger partial charge in [0.05, 0.1) is 19.3 Å². The van der Waals surface area contributed by atoms with Crippen LogP contribution in [0.1, 0.15) is 52.7 Å². The van der Waals surface area contributed by atoms with Crippen molar-refractivity contribution >= 4 is 16.6 Å². The Hall–Kier alpha value is -1.65. The van der Waals surface area contributed by atoms with E-state index in [0.717, 1.165) is 22.6 Å². The van der Waals surface area contributed by atoms with Gasteiger partial charge in [-0.1, -0.05) is 77.9 Å². The van der Waals surface area contributed by atoms with E-state index >= 15 is 0 Å². The molecule has 0 fully saturated rings. The van der Waals surface area contributed by atoms with Gasteiger partial charge in [0, 0.05) is 13.5 Å². The van der Waals surface area contributed by atoms with Crippen molar-refractivity contribution in [2.24, 2.45) is 0 Å². The van der Waals surface area contributed by atoms with Crippen LogP contribution in [0.15, 0.2) is 48.5 Å². The first-order valence-electron chi connectivity index (χ1n) is 13.3. The molecule has 208 valence electrons. The first-order valence-corrected chi connectivity index (χ1v) is 19.1. The van der Waals surface area contributed by atoms with Crippen LogP contribution in [0.4, 0.5) is 0 Å². The van der Waals surface area contributed by atoms with E-state index in [1.165, 1.54) is 0 Å². The Bertz CT molecular complexity index is 962. The molecule has 0 saturated carbocycles. The minimum atomic E-state index is -2.08. The summed E-state index contributed by atoms with van der Waals surface area (Å²) in [5, 5.41) is 0.168. The van der Waals surface area contributed by atoms with E-state index < -0.39 is 16.6 Å². The summed E-state index contributed by atoms with van der Waals surface area (Å²) in [4.78, 5) is 0. The lowest BCUT2D eigenvalue weighted by molar-refractivity contribution is -0.0982. The number of hydrogen-bond acceptors (Lipinski definition) is 5. The molecule has 2 aromatic rings. The molecule has 0 aliphatic rings. The van der Waals surface area contributed by atoms with Gasteiger partial charge < -0.3 is 23.1 Å². The van der Waals surface area contributed by atoms with Crippen molar-refractivity contribution in [1.29, 1.82) is 0 Å². The van der Waals surface area contributed by atoms with Gasteiger partial charge in [-0.05, 0) is 59.5 Å². The summed E-state index contributed by atoms with van der Waals surface area (Å²) in [6.45, 7) is 23.9. The molecule has 0 aromatic heterocycles. The van der Waals surface area contributed by atoms with Crippen LogP contribution in [-0.2, 0) is 27.2 Å². The van der Waals surface area contributed by atoms with E-state index in [0.29, 0.717) is 19.6 Å². The molecule has 0 spiro atoms. The Balaban J connectivity index is 2.29. The molecule has 37 heavy (non-hydrogen) atoms. The third-order valence-electron chi connectivity index (χ3n) is 7.65. The van der Waals surface area contributed by atoms with Crippen LogP contribution in [0.3, 0.4) is 0 Å². The molecule has 2 rings (SSSR count). The standard InChI is InChI=1S/C30H50O5Si2/c1-29(2,3)36(8,9)34-27-18-17-25(20-28(27)35-37(10,11)30(4,5)6)19-26(33-23-31-7)22-32-21-24-15-13-12-14-16-24/h12-18,20,26H,19,21-23H2,1-11H3/t26-/m1/s1. The van der Waals surface area contributed by atoms with Crippen LogP contribution in [0.2, 0.25) is 36.3 Å². The van der Waals surface area contributed by atoms with Crippen molar-refractivity contribution in [3.8, 4) is 11.5 Å². The molecule has 5 nitrogen and oxygen atoms in total. The monoisotopic (exact) mass is 546 g/mol. The second-order valence-corrected chi connectivity index (χ2v) is 22.4. The topological polar surface area (TPSA) is 46.2 Å². The van der Waals surface area contributed by atoms with E-state index in [1.54, 1.807) is 7.11 Å². The fourth-order valence-electron chi connectivity index (χ4n) is 3.18. The van der Waals surface area contributed by atoms with E-state index in [4.69, 9.17) is 23.1 Å². The first kappa shape index (κ1) is 31.6. The van der Waals surface area contributed by atoms with Crippen LogP contribution in [-0.4, -0.2) is 43.2 Å². The normalized spacial score (nSPS) is 13.9. The largest absolute Gasteiger partial charge is 0.541 e. The van der Waals surface area contributed by atoms with Gasteiger partial charge in [-0.2, -0.15) is 0 Å². The molecular formula is C30H50O5Si2. The number of ether oxygens (including phenoxy) is 3. The van der Waals surface area contributed by atoms with Gasteiger partial charge in [-0.3, -0.25) is 0 Å². The minimum absolute atomic E-state index is 0.0760. The summed E-state index contributed by atoms with van der Waals surface area (Å²) in [6.07, 6.45) is 0.545. The maximum absolute atomic E-state index is 6.84. The van der Waals surface area contributed by atoms with Gasteiger partial charge in [0.15, 0.2) is 0 Å². The summed E-state index contributed by atoms with van der Waals surface area (Å²) in [5.74, 6) is 1.68. The molecule has 0 aliphatic carbocycles. The van der Waals surface area contributed by atoms with E-state index in [9.17, 15) is 0 Å². The van der Waals surface area contributed by atoms with Crippen LogP contribution in [0.25, 0.3) is 0 Å². The van der Waals surface area contributed by atoms with Crippen LogP contribution < -0.4 is 8.85 Å². The van der Waals surface area contributed by atoms with Crippen molar-refractivity contribution in [1.82, 2.24) is 0 Å². The second kappa shape index (κ2) is 12.9. The van der Waals surface area contributed by atoms with Gasteiger partial charge in [-0.15, -0.1) is 0 Å². The fraction of sp³-hybridized carbons (Fsp3) is 0.600. The van der Waals surface area contributed by atoms with E-state index in [1.807, 2.05) is 18.2 Å². The lowest BCUT2D eigenvalue weighted by Gasteiger charge is -2.39. The first-order chi connectivity index (χ1) is 17.1. The van der Waals surface area contributed by atoms with Gasteiger partial charge in [-0.25, -0.2) is 0 Å². The summed E-state index contributed by atoms with van der Waals surface area (Å²) in [5.41, 5.74) is 2.27. The lowest BCUT2D eigenvalue weighted by atomic mass is 10.1. The van der Waals surface area contributed by atoms with Crippen LogP contribution >= 0.6 is 0 Å². The van der Waals surface area contributed by atoms with Crippen molar-refractivity contribution < 1.29 is 23.1 Å². The summed E-state index contributed by atoms with van der Waals surface area (Å²) in [7, 11) is -2.48. The molecule has 0 unspecified atom stereocenters. The van der Waals surface area contributed by atoms with E-state index in [2.05, 4.69) is 98.1 Å². The third kappa shape index (κ3) is 9.55. The Kier molecular flexibility index (Phi) is 11.0. The average molecular weight is 547 g/mol. The number of hydrogen-bond donors (Lipinski definition) is 0. The van der Waals surface area contributed by atoms with Gasteiger partial charge >= 0.3 is 0 Å². The van der Waals surface area contributed by atoms with Crippen molar-refractivity contribution in [3.63, 3.8) is 0 Å². The maximum Gasteiger partial charge on any atom is 0.250 e. The molecule has 2 aromatic carbocycles. The Morgan fingerprint density at radius 1 is 0.730 bits per heavy atom. The third-order valence-corrected chi connectivity index (χ3v) is 16.3. The molecule has 7 heteroatoms. The fourth-order valence-corrected chi connectivity index (χ4v) is 5.22. The van der Waals surface area contributed by atoms with E-state index in [-0.39, 0.29) is 23.0 Å². The molecular weight excluding hydrogens is 496 g/mol. The zero-order chi connectivity index (χ0) is 27.9. The molecule has 0 heterocycles. The predicted octanol–water partition coefficient (Wildman–Crippen LogP) is 8.20. The van der Waals surface area contributed by atoms with Crippen LogP contribution in [0, 0.1) is 0 Å². The Morgan fingerprint density at radius 2 is 1.30 bits per heavy atom. The van der Waals surface area contributed by atoms with Gasteiger partial charge in [0.25, 0.3) is 16.6 Å². The van der Waals surface area contributed by atoms with Crippen LogP contribution in [0.5, 0.6) is 11.5 Å². The highest BCUT2D eigenvalue weighted by atomic mass is 28.4. The van der Waals surface area contributed by atoms with Gasteiger partial charge in [0.2, 0.25) is 0 Å². The molecule has 0 aliphatic heterocycles. The average Bonchev–Trinajstić information content (AvgIpc) is 2.78. The number of methoxy groups -OCH3 is 1. The van der Waals surface area contributed by atoms with Crippen molar-refractivity contribution in [2.75, 3.05) is 20.5 Å². The SMILES string of the molecule is COCO[C@@H](COCc1ccccc1)Cc1ccc(O[Si](C)(C)C(C)(C)C)c(O[Si](C)(C)C(C)(C)C)c1. The summed E-state index contributed by atoms with van der Waals surface area (Å²) >= 11 is 0. The summed E-state index contributed by atoms with van der Waals surface area (Å²) < 4.78 is 30.8. The highest BCUT2D eigenvalue weighted by Crippen LogP contribution is 2.43. The Morgan fingerprint density at radius 3 is 1.84 bits per heavy atom. The van der Waals surface area contributed by atoms with Gasteiger partial charge in [0.1, 0.15) is 18.3 Å². The summed E-state index contributed by atoms with van der Waals surface area (Å²) in [6, 6.07) is 16.5. The lowest BCUT2D eigenvalue weighted by Crippen LogP contribution is -2.45. The smallest absolute Gasteiger partial charge is 0.250 e.